The van der Waals surface area contributed by atoms with Crippen molar-refractivity contribution in [3.63, 3.8) is 0 Å². The number of carbonyl (C=O) groups excluding carboxylic acids is 2. The molecule has 208 valence electrons. The third kappa shape index (κ3) is 6.06. The molecule has 5 rings (SSSR count). The highest BCUT2D eigenvalue weighted by atomic mass is 35.5. The molecule has 0 radical (unpaired) electrons. The van der Waals surface area contributed by atoms with E-state index in [1.54, 1.807) is 41.1 Å². The number of piperazine rings is 1. The number of thioether (sulfide) groups is 1. The minimum absolute atomic E-state index is 0.0840. The number of hydrogen-bond acceptors (Lipinski definition) is 6. The third-order valence-corrected chi connectivity index (χ3v) is 8.46. The van der Waals surface area contributed by atoms with Gasteiger partial charge in [0.2, 0.25) is 11.7 Å². The number of carbonyl (C=O) groups is 2. The average Bonchev–Trinajstić information content (AvgIpc) is 3.61. The fourth-order valence-corrected chi connectivity index (χ4v) is 6.18. The maximum absolute atomic E-state index is 13.1. The van der Waals surface area contributed by atoms with Crippen LogP contribution in [0, 0.1) is 6.92 Å². The van der Waals surface area contributed by atoms with Crippen LogP contribution in [0.15, 0.2) is 70.4 Å². The van der Waals surface area contributed by atoms with Crippen LogP contribution in [0.1, 0.15) is 35.7 Å². The number of para-hydroxylation sites is 1. The molecule has 40 heavy (non-hydrogen) atoms. The van der Waals surface area contributed by atoms with Gasteiger partial charge in [0.05, 0.1) is 22.5 Å². The number of hydrogen-bond donors (Lipinski definition) is 0. The maximum Gasteiger partial charge on any atom is 0.255 e. The molecule has 3 heterocycles. The van der Waals surface area contributed by atoms with E-state index in [0.29, 0.717) is 65.4 Å². The second-order valence-electron chi connectivity index (χ2n) is 9.67. The molecule has 0 saturated carbocycles. The zero-order valence-electron chi connectivity index (χ0n) is 22.2. The lowest BCUT2D eigenvalue weighted by Gasteiger charge is -2.40. The van der Waals surface area contributed by atoms with Crippen LogP contribution in [0.25, 0.3) is 17.3 Å². The number of aromatic nitrogens is 3. The molecule has 0 aliphatic carbocycles. The molecule has 1 aliphatic heterocycles. The summed E-state index contributed by atoms with van der Waals surface area (Å²) >= 11 is 13.8. The molecule has 1 atom stereocenters. The van der Waals surface area contributed by atoms with Crippen LogP contribution in [0.4, 0.5) is 0 Å². The first kappa shape index (κ1) is 28.3. The molecule has 0 spiro atoms. The Balaban J connectivity index is 1.17. The van der Waals surface area contributed by atoms with Crippen molar-refractivity contribution in [1.29, 1.82) is 0 Å². The van der Waals surface area contributed by atoms with Crippen molar-refractivity contribution in [3.8, 4) is 17.3 Å². The highest BCUT2D eigenvalue weighted by Crippen LogP contribution is 2.30. The summed E-state index contributed by atoms with van der Waals surface area (Å²) in [7, 11) is 0. The van der Waals surface area contributed by atoms with Gasteiger partial charge in [0.15, 0.2) is 10.9 Å². The van der Waals surface area contributed by atoms with Gasteiger partial charge in [-0.25, -0.2) is 0 Å². The van der Waals surface area contributed by atoms with Gasteiger partial charge in [0, 0.05) is 42.9 Å². The highest BCUT2D eigenvalue weighted by Gasteiger charge is 2.31. The first-order chi connectivity index (χ1) is 19.3. The number of amides is 2. The Morgan fingerprint density at radius 2 is 1.90 bits per heavy atom. The number of nitrogens with zero attached hydrogens (tertiary/aromatic N) is 5. The summed E-state index contributed by atoms with van der Waals surface area (Å²) in [6.07, 6.45) is 2.72. The molecule has 1 saturated heterocycles. The van der Waals surface area contributed by atoms with Crippen LogP contribution in [0.2, 0.25) is 10.0 Å². The Morgan fingerprint density at radius 1 is 1.07 bits per heavy atom. The van der Waals surface area contributed by atoms with Gasteiger partial charge in [-0.05, 0) is 62.2 Å². The largest absolute Gasteiger partial charge is 0.461 e. The second-order valence-corrected chi connectivity index (χ2v) is 11.6. The lowest BCUT2D eigenvalue weighted by atomic mass is 10.1. The summed E-state index contributed by atoms with van der Waals surface area (Å²) in [5, 5.41) is 10.4. The molecule has 8 nitrogen and oxygen atoms in total. The van der Waals surface area contributed by atoms with Crippen LogP contribution in [0.3, 0.4) is 0 Å². The van der Waals surface area contributed by atoms with Crippen LogP contribution in [-0.2, 0) is 4.79 Å². The number of halogens is 2. The Labute approximate surface area is 247 Å². The molecule has 1 aliphatic rings. The summed E-state index contributed by atoms with van der Waals surface area (Å²) in [5.41, 5.74) is 2.50. The lowest BCUT2D eigenvalue weighted by molar-refractivity contribution is -0.133. The normalized spacial score (nSPS) is 15.4. The van der Waals surface area contributed by atoms with E-state index in [-0.39, 0.29) is 17.9 Å². The van der Waals surface area contributed by atoms with E-state index in [4.69, 9.17) is 27.6 Å². The van der Waals surface area contributed by atoms with Crippen molar-refractivity contribution in [2.45, 2.75) is 37.9 Å². The summed E-state index contributed by atoms with van der Waals surface area (Å²) in [4.78, 5) is 29.7. The molecule has 0 N–H and O–H groups in total. The van der Waals surface area contributed by atoms with Gasteiger partial charge < -0.3 is 14.2 Å². The van der Waals surface area contributed by atoms with E-state index in [1.807, 2.05) is 59.7 Å². The van der Waals surface area contributed by atoms with Crippen LogP contribution in [-0.4, -0.2) is 67.8 Å². The molecule has 11 heteroatoms. The number of furan rings is 1. The second kappa shape index (κ2) is 12.5. The van der Waals surface area contributed by atoms with Gasteiger partial charge >= 0.3 is 0 Å². The molecule has 2 aromatic heterocycles. The Kier molecular flexibility index (Phi) is 8.83. The van der Waals surface area contributed by atoms with Crippen LogP contribution in [0.5, 0.6) is 0 Å². The summed E-state index contributed by atoms with van der Waals surface area (Å²) in [5.74, 6) is 1.92. The van der Waals surface area contributed by atoms with Crippen molar-refractivity contribution in [2.75, 3.05) is 25.4 Å². The molecule has 4 aromatic rings. The van der Waals surface area contributed by atoms with E-state index in [2.05, 4.69) is 10.2 Å². The standard InChI is InChI=1S/C29H29Cl2N5O3S/c1-19-7-3-4-8-24(19)36-27(25-9-5-15-39-25)32-33-29(36)40-16-6-10-26(37)34-13-14-35(20(2)18-34)28(38)22-12-11-21(30)17-23(22)31/h3-5,7-9,11-12,15,17,20H,6,10,13-14,16,18H2,1-2H3. The van der Waals surface area contributed by atoms with Crippen molar-refractivity contribution in [1.82, 2.24) is 24.6 Å². The van der Waals surface area contributed by atoms with Gasteiger partial charge in [0.1, 0.15) is 0 Å². The predicted molar refractivity (Wildman–Crippen MR) is 157 cm³/mol. The van der Waals surface area contributed by atoms with E-state index in [1.165, 1.54) is 0 Å². The molecule has 2 amide bonds. The molecule has 2 aromatic carbocycles. The van der Waals surface area contributed by atoms with Crippen molar-refractivity contribution in [3.05, 3.63) is 82.0 Å². The molecule has 1 unspecified atom stereocenters. The van der Waals surface area contributed by atoms with E-state index in [0.717, 1.165) is 16.4 Å². The molecular formula is C29H29Cl2N5O3S. The Bertz CT molecular complexity index is 1510. The zero-order chi connectivity index (χ0) is 28.2. The quantitative estimate of drug-likeness (QED) is 0.173. The Hall–Kier alpha value is -3.27. The molecule has 1 fully saturated rings. The van der Waals surface area contributed by atoms with Crippen LogP contribution >= 0.6 is 35.0 Å². The molecular weight excluding hydrogens is 569 g/mol. The van der Waals surface area contributed by atoms with Crippen molar-refractivity contribution >= 4 is 46.8 Å². The Morgan fingerprint density at radius 3 is 2.62 bits per heavy atom. The number of aryl methyl sites for hydroxylation is 1. The minimum Gasteiger partial charge on any atom is -0.461 e. The van der Waals surface area contributed by atoms with E-state index < -0.39 is 0 Å². The van der Waals surface area contributed by atoms with Gasteiger partial charge in [-0.15, -0.1) is 10.2 Å². The fraction of sp³-hybridized carbons (Fsp3) is 0.310. The summed E-state index contributed by atoms with van der Waals surface area (Å²) in [6.45, 7) is 5.42. The minimum atomic E-state index is -0.149. The maximum atomic E-state index is 13.1. The van der Waals surface area contributed by atoms with Crippen molar-refractivity contribution < 1.29 is 14.0 Å². The van der Waals surface area contributed by atoms with Gasteiger partial charge in [-0.2, -0.15) is 0 Å². The van der Waals surface area contributed by atoms with Gasteiger partial charge in [-0.1, -0.05) is 53.2 Å². The SMILES string of the molecule is Cc1ccccc1-n1c(SCCCC(=O)N2CCN(C(=O)c3ccc(Cl)cc3Cl)C(C)C2)nnc1-c1ccco1. The number of benzene rings is 2. The fourth-order valence-electron chi connectivity index (χ4n) is 4.81. The van der Waals surface area contributed by atoms with E-state index >= 15 is 0 Å². The van der Waals surface area contributed by atoms with Gasteiger partial charge in [0.25, 0.3) is 5.91 Å². The first-order valence-electron chi connectivity index (χ1n) is 13.1. The highest BCUT2D eigenvalue weighted by molar-refractivity contribution is 7.99. The zero-order valence-corrected chi connectivity index (χ0v) is 24.5. The topological polar surface area (TPSA) is 84.5 Å². The third-order valence-electron chi connectivity index (χ3n) is 6.90. The van der Waals surface area contributed by atoms with Crippen LogP contribution < -0.4 is 0 Å². The average molecular weight is 599 g/mol. The summed E-state index contributed by atoms with van der Waals surface area (Å²) < 4.78 is 7.61. The molecule has 0 bridgehead atoms. The van der Waals surface area contributed by atoms with E-state index in [9.17, 15) is 9.59 Å². The summed E-state index contributed by atoms with van der Waals surface area (Å²) in [6, 6.07) is 16.5. The monoisotopic (exact) mass is 597 g/mol. The lowest BCUT2D eigenvalue weighted by Crippen LogP contribution is -2.55. The smallest absolute Gasteiger partial charge is 0.255 e. The van der Waals surface area contributed by atoms with Crippen molar-refractivity contribution in [2.24, 2.45) is 0 Å². The first-order valence-corrected chi connectivity index (χ1v) is 14.8. The number of rotatable bonds is 8. The predicted octanol–water partition coefficient (Wildman–Crippen LogP) is 6.39. The van der Waals surface area contributed by atoms with Gasteiger partial charge in [-0.3, -0.25) is 14.2 Å².